The Hall–Kier alpha value is -1.24. The van der Waals surface area contributed by atoms with Gasteiger partial charge in [-0.2, -0.15) is 0 Å². The third-order valence-corrected chi connectivity index (χ3v) is 2.77. The largest absolute Gasteiger partial charge is 0.358 e. The van der Waals surface area contributed by atoms with E-state index in [0.717, 1.165) is 0 Å². The minimum atomic E-state index is 0.589. The maximum atomic E-state index is 3.45. The Labute approximate surface area is 85.1 Å². The predicted molar refractivity (Wildman–Crippen MR) is 61.9 cm³/mol. The van der Waals surface area contributed by atoms with Crippen LogP contribution in [0.15, 0.2) is 18.2 Å². The van der Waals surface area contributed by atoms with E-state index >= 15 is 0 Å². The third-order valence-electron chi connectivity index (χ3n) is 2.77. The van der Waals surface area contributed by atoms with Crippen LogP contribution in [0.4, 0.5) is 0 Å². The second kappa shape index (κ2) is 3.16. The van der Waals surface area contributed by atoms with Crippen LogP contribution in [0, 0.1) is 13.8 Å². The lowest BCUT2D eigenvalue weighted by Crippen LogP contribution is -1.87. The molecular formula is C13H17N. The molecule has 2 rings (SSSR count). The molecule has 0 aliphatic carbocycles. The summed E-state index contributed by atoms with van der Waals surface area (Å²) in [7, 11) is 0. The monoisotopic (exact) mass is 187 g/mol. The van der Waals surface area contributed by atoms with E-state index in [0.29, 0.717) is 5.92 Å². The fourth-order valence-corrected chi connectivity index (χ4v) is 2.21. The summed E-state index contributed by atoms with van der Waals surface area (Å²) < 4.78 is 0. The lowest BCUT2D eigenvalue weighted by molar-refractivity contribution is 0.864. The summed E-state index contributed by atoms with van der Waals surface area (Å²) >= 11 is 0. The van der Waals surface area contributed by atoms with Crippen LogP contribution in [0.2, 0.25) is 0 Å². The topological polar surface area (TPSA) is 15.8 Å². The molecule has 1 aromatic carbocycles. The van der Waals surface area contributed by atoms with Gasteiger partial charge in [-0.1, -0.05) is 26.0 Å². The SMILES string of the molecule is Cc1ccc2c(C(C)C)c(C)[nH]c2c1. The first-order valence-electron chi connectivity index (χ1n) is 5.18. The van der Waals surface area contributed by atoms with Crippen molar-refractivity contribution in [2.75, 3.05) is 0 Å². The molecule has 0 fully saturated rings. The highest BCUT2D eigenvalue weighted by molar-refractivity contribution is 5.85. The summed E-state index contributed by atoms with van der Waals surface area (Å²) in [5.41, 5.74) is 5.35. The molecule has 0 amide bonds. The molecule has 1 nitrogen and oxygen atoms in total. The van der Waals surface area contributed by atoms with Crippen LogP contribution in [0.3, 0.4) is 0 Å². The molecule has 0 saturated heterocycles. The number of benzene rings is 1. The Morgan fingerprint density at radius 2 is 1.86 bits per heavy atom. The molecule has 0 spiro atoms. The van der Waals surface area contributed by atoms with Crippen LogP contribution < -0.4 is 0 Å². The number of fused-ring (bicyclic) bond motifs is 1. The summed E-state index contributed by atoms with van der Waals surface area (Å²) in [6, 6.07) is 6.62. The Morgan fingerprint density at radius 3 is 2.50 bits per heavy atom. The molecule has 0 saturated carbocycles. The second-order valence-corrected chi connectivity index (χ2v) is 4.37. The van der Waals surface area contributed by atoms with Crippen LogP contribution in [-0.2, 0) is 0 Å². The first-order chi connectivity index (χ1) is 6.59. The van der Waals surface area contributed by atoms with E-state index in [9.17, 15) is 0 Å². The van der Waals surface area contributed by atoms with Crippen LogP contribution >= 0.6 is 0 Å². The molecular weight excluding hydrogens is 170 g/mol. The zero-order valence-electron chi connectivity index (χ0n) is 9.31. The number of aromatic amines is 1. The highest BCUT2D eigenvalue weighted by Gasteiger charge is 2.10. The molecule has 2 aromatic rings. The van der Waals surface area contributed by atoms with Crippen molar-refractivity contribution in [2.45, 2.75) is 33.6 Å². The van der Waals surface area contributed by atoms with Crippen molar-refractivity contribution in [1.82, 2.24) is 4.98 Å². The Morgan fingerprint density at radius 1 is 1.14 bits per heavy atom. The van der Waals surface area contributed by atoms with Gasteiger partial charge < -0.3 is 4.98 Å². The number of aryl methyl sites for hydroxylation is 2. The van der Waals surface area contributed by atoms with E-state index in [4.69, 9.17) is 0 Å². The molecule has 1 heteroatoms. The summed E-state index contributed by atoms with van der Waals surface area (Å²) in [5, 5.41) is 1.38. The molecule has 0 aliphatic rings. The van der Waals surface area contributed by atoms with Crippen LogP contribution in [0.5, 0.6) is 0 Å². The van der Waals surface area contributed by atoms with Crippen molar-refractivity contribution in [2.24, 2.45) is 0 Å². The number of aromatic nitrogens is 1. The molecule has 0 unspecified atom stereocenters. The van der Waals surface area contributed by atoms with Crippen molar-refractivity contribution in [3.8, 4) is 0 Å². The quantitative estimate of drug-likeness (QED) is 0.696. The number of rotatable bonds is 1. The predicted octanol–water partition coefficient (Wildman–Crippen LogP) is 3.91. The molecule has 0 bridgehead atoms. The zero-order valence-corrected chi connectivity index (χ0v) is 9.31. The maximum Gasteiger partial charge on any atom is 0.0461 e. The van der Waals surface area contributed by atoms with Gasteiger partial charge in [-0.15, -0.1) is 0 Å². The normalized spacial score (nSPS) is 11.5. The van der Waals surface area contributed by atoms with Gasteiger partial charge in [-0.05, 0) is 37.0 Å². The molecule has 0 radical (unpaired) electrons. The van der Waals surface area contributed by atoms with E-state index in [1.54, 1.807) is 0 Å². The smallest absolute Gasteiger partial charge is 0.0461 e. The summed E-state index contributed by atoms with van der Waals surface area (Å²) in [5.74, 6) is 0.589. The van der Waals surface area contributed by atoms with Gasteiger partial charge >= 0.3 is 0 Å². The van der Waals surface area contributed by atoms with E-state index in [1.165, 1.54) is 27.7 Å². The first-order valence-corrected chi connectivity index (χ1v) is 5.18. The highest BCUT2D eigenvalue weighted by Crippen LogP contribution is 2.28. The van der Waals surface area contributed by atoms with Crippen molar-refractivity contribution in [3.63, 3.8) is 0 Å². The minimum Gasteiger partial charge on any atom is -0.358 e. The van der Waals surface area contributed by atoms with Gasteiger partial charge in [-0.3, -0.25) is 0 Å². The number of hydrogen-bond donors (Lipinski definition) is 1. The minimum absolute atomic E-state index is 0.589. The Balaban J connectivity index is 2.77. The van der Waals surface area contributed by atoms with Gasteiger partial charge in [0, 0.05) is 16.6 Å². The lowest BCUT2D eigenvalue weighted by atomic mass is 9.99. The third kappa shape index (κ3) is 1.33. The fraction of sp³-hybridized carbons (Fsp3) is 0.385. The van der Waals surface area contributed by atoms with E-state index in [1.807, 2.05) is 0 Å². The number of hydrogen-bond acceptors (Lipinski definition) is 0. The van der Waals surface area contributed by atoms with Crippen LogP contribution in [0.1, 0.15) is 36.6 Å². The van der Waals surface area contributed by atoms with Crippen molar-refractivity contribution >= 4 is 10.9 Å². The number of nitrogens with one attached hydrogen (secondary N) is 1. The van der Waals surface area contributed by atoms with E-state index in [2.05, 4.69) is 50.9 Å². The maximum absolute atomic E-state index is 3.45. The molecule has 14 heavy (non-hydrogen) atoms. The summed E-state index contributed by atoms with van der Waals surface area (Å²) in [4.78, 5) is 3.45. The second-order valence-electron chi connectivity index (χ2n) is 4.37. The first kappa shape index (κ1) is 9.32. The standard InChI is InChI=1S/C13H17N/c1-8(2)13-10(4)14-12-7-9(3)5-6-11(12)13/h5-8,14H,1-4H3. The molecule has 1 aromatic heterocycles. The van der Waals surface area contributed by atoms with Gasteiger partial charge in [0.15, 0.2) is 0 Å². The molecule has 1 heterocycles. The van der Waals surface area contributed by atoms with Crippen molar-refractivity contribution in [3.05, 3.63) is 35.0 Å². The summed E-state index contributed by atoms with van der Waals surface area (Å²) in [6.45, 7) is 8.78. The van der Waals surface area contributed by atoms with Gasteiger partial charge in [0.1, 0.15) is 0 Å². The van der Waals surface area contributed by atoms with Crippen LogP contribution in [0.25, 0.3) is 10.9 Å². The van der Waals surface area contributed by atoms with Crippen molar-refractivity contribution < 1.29 is 0 Å². The van der Waals surface area contributed by atoms with E-state index in [-0.39, 0.29) is 0 Å². The molecule has 1 N–H and O–H groups in total. The average molecular weight is 187 g/mol. The van der Waals surface area contributed by atoms with Gasteiger partial charge in [0.05, 0.1) is 0 Å². The number of H-pyrrole nitrogens is 1. The molecule has 0 atom stereocenters. The Kier molecular flexibility index (Phi) is 2.10. The van der Waals surface area contributed by atoms with Gasteiger partial charge in [0.25, 0.3) is 0 Å². The molecule has 74 valence electrons. The Bertz CT molecular complexity index is 463. The zero-order chi connectivity index (χ0) is 10.3. The fourth-order valence-electron chi connectivity index (χ4n) is 2.21. The van der Waals surface area contributed by atoms with E-state index < -0.39 is 0 Å². The molecule has 0 aliphatic heterocycles. The van der Waals surface area contributed by atoms with Crippen molar-refractivity contribution in [1.29, 1.82) is 0 Å². The lowest BCUT2D eigenvalue weighted by Gasteiger charge is -2.04. The van der Waals surface area contributed by atoms with Gasteiger partial charge in [0.2, 0.25) is 0 Å². The highest BCUT2D eigenvalue weighted by atomic mass is 14.7. The average Bonchev–Trinajstić information content (AvgIpc) is 2.39. The summed E-state index contributed by atoms with van der Waals surface area (Å²) in [6.07, 6.45) is 0. The van der Waals surface area contributed by atoms with Gasteiger partial charge in [-0.25, -0.2) is 0 Å². The van der Waals surface area contributed by atoms with Crippen LogP contribution in [-0.4, -0.2) is 4.98 Å².